The Bertz CT molecular complexity index is 350. The molecule has 0 bridgehead atoms. The Morgan fingerprint density at radius 2 is 1.89 bits per heavy atom. The second-order valence-electron chi connectivity index (χ2n) is 4.99. The third kappa shape index (κ3) is 3.91. The van der Waals surface area contributed by atoms with Crippen LogP contribution in [0.4, 0.5) is 0 Å². The zero-order valence-corrected chi connectivity index (χ0v) is 11.1. The minimum atomic E-state index is 0.274. The topological polar surface area (TPSA) is 44.5 Å². The summed E-state index contributed by atoms with van der Waals surface area (Å²) in [5.41, 5.74) is 5.96. The van der Waals surface area contributed by atoms with Gasteiger partial charge >= 0.3 is 0 Å². The molecular weight excluding hydrogens is 226 g/mol. The minimum Gasteiger partial charge on any atom is -0.494 e. The first-order valence-electron chi connectivity index (χ1n) is 6.93. The molecule has 0 aliphatic heterocycles. The van der Waals surface area contributed by atoms with E-state index in [2.05, 4.69) is 6.92 Å². The van der Waals surface area contributed by atoms with Crippen LogP contribution in [0.2, 0.25) is 0 Å². The first-order chi connectivity index (χ1) is 8.78. The van der Waals surface area contributed by atoms with Gasteiger partial charge in [-0.2, -0.15) is 0 Å². The first-order valence-corrected chi connectivity index (χ1v) is 6.93. The van der Waals surface area contributed by atoms with E-state index in [1.165, 1.54) is 6.42 Å². The van der Waals surface area contributed by atoms with Gasteiger partial charge in [0.15, 0.2) is 0 Å². The summed E-state index contributed by atoms with van der Waals surface area (Å²) in [6.07, 6.45) is 5.68. The Kier molecular flexibility index (Phi) is 4.88. The summed E-state index contributed by atoms with van der Waals surface area (Å²) in [6.45, 7) is 2.86. The number of hydrogen-bond donors (Lipinski definition) is 1. The van der Waals surface area contributed by atoms with E-state index in [0.717, 1.165) is 43.8 Å². The molecule has 1 aliphatic rings. The molecule has 0 radical (unpaired) electrons. The van der Waals surface area contributed by atoms with Gasteiger partial charge in [0.1, 0.15) is 17.6 Å². The molecule has 1 aliphatic carbocycles. The zero-order chi connectivity index (χ0) is 12.8. The summed E-state index contributed by atoms with van der Waals surface area (Å²) in [4.78, 5) is 0. The lowest BCUT2D eigenvalue weighted by molar-refractivity contribution is 0.144. The molecule has 3 nitrogen and oxygen atoms in total. The van der Waals surface area contributed by atoms with Crippen molar-refractivity contribution in [3.63, 3.8) is 0 Å². The van der Waals surface area contributed by atoms with Crippen molar-refractivity contribution in [3.05, 3.63) is 24.3 Å². The van der Waals surface area contributed by atoms with Crippen LogP contribution in [0.1, 0.15) is 39.0 Å². The standard InChI is InChI=1S/C15H23NO2/c1-2-10-17-13-6-8-14(9-7-13)18-15-5-3-4-12(16)11-15/h6-9,12,15H,2-5,10-11,16H2,1H3. The maximum atomic E-state index is 5.96. The Hall–Kier alpha value is -1.22. The van der Waals surface area contributed by atoms with Crippen molar-refractivity contribution in [1.29, 1.82) is 0 Å². The van der Waals surface area contributed by atoms with Crippen molar-refractivity contribution in [3.8, 4) is 11.5 Å². The molecule has 100 valence electrons. The smallest absolute Gasteiger partial charge is 0.119 e. The molecule has 1 saturated carbocycles. The monoisotopic (exact) mass is 249 g/mol. The van der Waals surface area contributed by atoms with Gasteiger partial charge < -0.3 is 15.2 Å². The average Bonchev–Trinajstić information content (AvgIpc) is 2.38. The molecule has 2 rings (SSSR count). The molecule has 2 unspecified atom stereocenters. The van der Waals surface area contributed by atoms with Gasteiger partial charge in [-0.15, -0.1) is 0 Å². The molecule has 0 spiro atoms. The van der Waals surface area contributed by atoms with Crippen LogP contribution in [-0.2, 0) is 0 Å². The second-order valence-corrected chi connectivity index (χ2v) is 4.99. The van der Waals surface area contributed by atoms with Gasteiger partial charge in [0.2, 0.25) is 0 Å². The van der Waals surface area contributed by atoms with Gasteiger partial charge in [0.05, 0.1) is 6.61 Å². The molecule has 18 heavy (non-hydrogen) atoms. The molecule has 1 fully saturated rings. The molecule has 1 aromatic rings. The van der Waals surface area contributed by atoms with Crippen LogP contribution in [0.5, 0.6) is 11.5 Å². The van der Waals surface area contributed by atoms with E-state index in [1.807, 2.05) is 24.3 Å². The third-order valence-electron chi connectivity index (χ3n) is 3.27. The summed E-state index contributed by atoms with van der Waals surface area (Å²) in [7, 11) is 0. The van der Waals surface area contributed by atoms with Gasteiger partial charge in [-0.1, -0.05) is 6.92 Å². The highest BCUT2D eigenvalue weighted by atomic mass is 16.5. The maximum absolute atomic E-state index is 5.96. The van der Waals surface area contributed by atoms with E-state index in [-0.39, 0.29) is 6.10 Å². The fourth-order valence-electron chi connectivity index (χ4n) is 2.31. The highest BCUT2D eigenvalue weighted by Gasteiger charge is 2.20. The fourth-order valence-corrected chi connectivity index (χ4v) is 2.31. The summed E-state index contributed by atoms with van der Waals surface area (Å²) in [5, 5.41) is 0. The highest BCUT2D eigenvalue weighted by Crippen LogP contribution is 2.24. The first kappa shape index (κ1) is 13.2. The van der Waals surface area contributed by atoms with Gasteiger partial charge in [0.25, 0.3) is 0 Å². The van der Waals surface area contributed by atoms with Crippen molar-refractivity contribution in [2.24, 2.45) is 5.73 Å². The third-order valence-corrected chi connectivity index (χ3v) is 3.27. The summed E-state index contributed by atoms with van der Waals surface area (Å²) >= 11 is 0. The van der Waals surface area contributed by atoms with E-state index < -0.39 is 0 Å². The quantitative estimate of drug-likeness (QED) is 0.872. The molecule has 2 atom stereocenters. The van der Waals surface area contributed by atoms with E-state index >= 15 is 0 Å². The van der Waals surface area contributed by atoms with Crippen molar-refractivity contribution < 1.29 is 9.47 Å². The second kappa shape index (κ2) is 6.64. The number of nitrogens with two attached hydrogens (primary N) is 1. The van der Waals surface area contributed by atoms with Crippen LogP contribution in [0, 0.1) is 0 Å². The Labute approximate surface area is 109 Å². The largest absolute Gasteiger partial charge is 0.494 e. The average molecular weight is 249 g/mol. The summed E-state index contributed by atoms with van der Waals surface area (Å²) < 4.78 is 11.5. The van der Waals surface area contributed by atoms with Crippen LogP contribution < -0.4 is 15.2 Å². The maximum Gasteiger partial charge on any atom is 0.119 e. The fraction of sp³-hybridized carbons (Fsp3) is 0.600. The van der Waals surface area contributed by atoms with E-state index in [4.69, 9.17) is 15.2 Å². The molecule has 1 aromatic carbocycles. The number of hydrogen-bond acceptors (Lipinski definition) is 3. The van der Waals surface area contributed by atoms with Crippen LogP contribution in [0.3, 0.4) is 0 Å². The SMILES string of the molecule is CCCOc1ccc(OC2CCCC(N)C2)cc1. The molecule has 3 heteroatoms. The van der Waals surface area contributed by atoms with Crippen LogP contribution in [0.25, 0.3) is 0 Å². The van der Waals surface area contributed by atoms with Gasteiger partial charge in [-0.05, 0) is 56.4 Å². The number of rotatable bonds is 5. The van der Waals surface area contributed by atoms with E-state index in [9.17, 15) is 0 Å². The lowest BCUT2D eigenvalue weighted by atomic mass is 9.93. The number of ether oxygens (including phenoxy) is 2. The van der Waals surface area contributed by atoms with Gasteiger partial charge in [0, 0.05) is 6.04 Å². The summed E-state index contributed by atoms with van der Waals surface area (Å²) in [5.74, 6) is 1.82. The lowest BCUT2D eigenvalue weighted by Gasteiger charge is -2.27. The Morgan fingerprint density at radius 1 is 1.17 bits per heavy atom. The molecule has 0 saturated heterocycles. The predicted molar refractivity (Wildman–Crippen MR) is 73.1 cm³/mol. The number of benzene rings is 1. The Balaban J connectivity index is 1.85. The van der Waals surface area contributed by atoms with Gasteiger partial charge in [-0.25, -0.2) is 0 Å². The normalized spacial score (nSPS) is 23.7. The van der Waals surface area contributed by atoms with Crippen LogP contribution in [0.15, 0.2) is 24.3 Å². The minimum absolute atomic E-state index is 0.274. The molecule has 0 amide bonds. The molecule has 2 N–H and O–H groups in total. The van der Waals surface area contributed by atoms with Crippen LogP contribution in [-0.4, -0.2) is 18.8 Å². The van der Waals surface area contributed by atoms with Gasteiger partial charge in [-0.3, -0.25) is 0 Å². The summed E-state index contributed by atoms with van der Waals surface area (Å²) in [6, 6.07) is 8.19. The highest BCUT2D eigenvalue weighted by molar-refractivity contribution is 5.31. The van der Waals surface area contributed by atoms with Crippen molar-refractivity contribution in [1.82, 2.24) is 0 Å². The van der Waals surface area contributed by atoms with E-state index in [1.54, 1.807) is 0 Å². The van der Waals surface area contributed by atoms with Crippen molar-refractivity contribution >= 4 is 0 Å². The van der Waals surface area contributed by atoms with Crippen LogP contribution >= 0.6 is 0 Å². The van der Waals surface area contributed by atoms with Crippen molar-refractivity contribution in [2.75, 3.05) is 6.61 Å². The lowest BCUT2D eigenvalue weighted by Crippen LogP contribution is -2.33. The van der Waals surface area contributed by atoms with Crippen molar-refractivity contribution in [2.45, 2.75) is 51.2 Å². The predicted octanol–water partition coefficient (Wildman–Crippen LogP) is 3.12. The molecule has 0 heterocycles. The molecular formula is C15H23NO2. The molecule has 0 aromatic heterocycles. The zero-order valence-electron chi connectivity index (χ0n) is 11.1. The van der Waals surface area contributed by atoms with E-state index in [0.29, 0.717) is 6.04 Å². The Morgan fingerprint density at radius 3 is 2.56 bits per heavy atom.